The van der Waals surface area contributed by atoms with E-state index in [4.69, 9.17) is 0 Å². The van der Waals surface area contributed by atoms with E-state index in [-0.39, 0.29) is 23.5 Å². The molecule has 1 saturated heterocycles. The largest absolute Gasteiger partial charge is 0.349 e. The third-order valence-corrected chi connectivity index (χ3v) is 5.60. The molecule has 1 aliphatic heterocycles. The average Bonchev–Trinajstić information content (AvgIpc) is 2.79. The molecule has 5 heteroatoms. The van der Waals surface area contributed by atoms with Gasteiger partial charge in [-0.2, -0.15) is 0 Å². The minimum absolute atomic E-state index is 0.0119. The molecule has 4 nitrogen and oxygen atoms in total. The molecule has 0 saturated carbocycles. The molecule has 0 aromatic heterocycles. The van der Waals surface area contributed by atoms with Crippen LogP contribution in [0.5, 0.6) is 0 Å². The maximum absolute atomic E-state index is 12.3. The van der Waals surface area contributed by atoms with Crippen LogP contribution in [0.4, 0.5) is 0 Å². The number of sulfone groups is 1. The van der Waals surface area contributed by atoms with Crippen molar-refractivity contribution in [2.24, 2.45) is 11.8 Å². The summed E-state index contributed by atoms with van der Waals surface area (Å²) in [4.78, 5) is 12.3. The first-order chi connectivity index (χ1) is 9.87. The van der Waals surface area contributed by atoms with E-state index >= 15 is 0 Å². The van der Waals surface area contributed by atoms with Crippen LogP contribution < -0.4 is 5.32 Å². The molecule has 1 amide bonds. The Hall–Kier alpha value is -1.36. The lowest BCUT2D eigenvalue weighted by Gasteiger charge is -2.22. The van der Waals surface area contributed by atoms with Gasteiger partial charge in [-0.15, -0.1) is 0 Å². The standard InChI is InChI=1S/C16H23NO3S/c1-12(2)10-15(13-6-4-3-5-7-13)17-16(18)14-8-9-21(19,20)11-14/h3-7,12,14-15H,8-11H2,1-2H3,(H,17,18)/t14-,15-/m0/s1. The summed E-state index contributed by atoms with van der Waals surface area (Å²) in [5.74, 6) is 0.0367. The van der Waals surface area contributed by atoms with E-state index in [0.717, 1.165) is 12.0 Å². The van der Waals surface area contributed by atoms with Crippen molar-refractivity contribution >= 4 is 15.7 Å². The highest BCUT2D eigenvalue weighted by molar-refractivity contribution is 7.91. The van der Waals surface area contributed by atoms with Gasteiger partial charge in [0.25, 0.3) is 0 Å². The van der Waals surface area contributed by atoms with Gasteiger partial charge in [0.1, 0.15) is 0 Å². The number of carbonyl (C=O) groups excluding carboxylic acids is 1. The van der Waals surface area contributed by atoms with E-state index in [9.17, 15) is 13.2 Å². The second kappa shape index (κ2) is 6.60. The average molecular weight is 309 g/mol. The summed E-state index contributed by atoms with van der Waals surface area (Å²) < 4.78 is 23.0. The van der Waals surface area contributed by atoms with E-state index in [2.05, 4.69) is 19.2 Å². The predicted octanol–water partition coefficient (Wildman–Crippen LogP) is 2.32. The van der Waals surface area contributed by atoms with Crippen LogP contribution in [0.25, 0.3) is 0 Å². The molecule has 0 spiro atoms. The van der Waals surface area contributed by atoms with Gasteiger partial charge in [-0.1, -0.05) is 44.2 Å². The van der Waals surface area contributed by atoms with E-state index in [1.54, 1.807) is 0 Å². The molecule has 1 aromatic rings. The normalized spacial score (nSPS) is 22.1. The first kappa shape index (κ1) is 16.0. The molecule has 2 atom stereocenters. The minimum Gasteiger partial charge on any atom is -0.349 e. The van der Waals surface area contributed by atoms with Crippen molar-refractivity contribution in [3.05, 3.63) is 35.9 Å². The molecular formula is C16H23NO3S. The third kappa shape index (κ3) is 4.56. The molecule has 21 heavy (non-hydrogen) atoms. The molecule has 1 heterocycles. The van der Waals surface area contributed by atoms with Gasteiger partial charge in [0.2, 0.25) is 5.91 Å². The molecule has 0 bridgehead atoms. The number of hydrogen-bond acceptors (Lipinski definition) is 3. The SMILES string of the molecule is CC(C)C[C@H](NC(=O)[C@H]1CCS(=O)(=O)C1)c1ccccc1. The van der Waals surface area contributed by atoms with Gasteiger partial charge in [0.15, 0.2) is 9.84 Å². The van der Waals surface area contributed by atoms with Crippen molar-refractivity contribution in [1.82, 2.24) is 5.32 Å². The fourth-order valence-electron chi connectivity index (χ4n) is 2.73. The number of amides is 1. The topological polar surface area (TPSA) is 63.2 Å². The van der Waals surface area contributed by atoms with Gasteiger partial charge in [-0.3, -0.25) is 4.79 Å². The summed E-state index contributed by atoms with van der Waals surface area (Å²) in [5.41, 5.74) is 1.07. The number of hydrogen-bond donors (Lipinski definition) is 1. The molecule has 1 aliphatic rings. The van der Waals surface area contributed by atoms with Crippen LogP contribution in [-0.2, 0) is 14.6 Å². The molecular weight excluding hydrogens is 286 g/mol. The summed E-state index contributed by atoms with van der Waals surface area (Å²) in [6.45, 7) is 4.23. The first-order valence-corrected chi connectivity index (χ1v) is 9.25. The lowest BCUT2D eigenvalue weighted by molar-refractivity contribution is -0.125. The summed E-state index contributed by atoms with van der Waals surface area (Å²) in [6.07, 6.45) is 1.28. The number of benzene rings is 1. The van der Waals surface area contributed by atoms with Crippen LogP contribution in [0.1, 0.15) is 38.3 Å². The maximum atomic E-state index is 12.3. The van der Waals surface area contributed by atoms with E-state index in [0.29, 0.717) is 12.3 Å². The number of nitrogens with one attached hydrogen (secondary N) is 1. The van der Waals surface area contributed by atoms with Crippen LogP contribution in [0, 0.1) is 11.8 Å². The lowest BCUT2D eigenvalue weighted by Crippen LogP contribution is -2.35. The van der Waals surface area contributed by atoms with Crippen LogP contribution in [0.15, 0.2) is 30.3 Å². The summed E-state index contributed by atoms with van der Waals surface area (Å²) in [7, 11) is -3.02. The second-order valence-electron chi connectivity index (χ2n) is 6.20. The molecule has 116 valence electrons. The van der Waals surface area contributed by atoms with Crippen molar-refractivity contribution in [3.63, 3.8) is 0 Å². The van der Waals surface area contributed by atoms with Gasteiger partial charge < -0.3 is 5.32 Å². The van der Waals surface area contributed by atoms with E-state index in [1.807, 2.05) is 30.3 Å². The van der Waals surface area contributed by atoms with E-state index in [1.165, 1.54) is 0 Å². The molecule has 0 unspecified atom stereocenters. The third-order valence-electron chi connectivity index (χ3n) is 3.83. The molecule has 1 aromatic carbocycles. The lowest BCUT2D eigenvalue weighted by atomic mass is 9.96. The van der Waals surface area contributed by atoms with E-state index < -0.39 is 15.8 Å². The van der Waals surface area contributed by atoms with Crippen molar-refractivity contribution in [1.29, 1.82) is 0 Å². The Kier molecular flexibility index (Phi) is 5.04. The fourth-order valence-corrected chi connectivity index (χ4v) is 4.47. The zero-order valence-electron chi connectivity index (χ0n) is 12.6. The van der Waals surface area contributed by atoms with Crippen molar-refractivity contribution in [2.45, 2.75) is 32.7 Å². The quantitative estimate of drug-likeness (QED) is 0.908. The smallest absolute Gasteiger partial charge is 0.224 e. The summed E-state index contributed by atoms with van der Waals surface area (Å²) in [5, 5.41) is 3.04. The van der Waals surface area contributed by atoms with Crippen LogP contribution in [0.3, 0.4) is 0 Å². The van der Waals surface area contributed by atoms with Crippen molar-refractivity contribution < 1.29 is 13.2 Å². The Bertz CT molecular complexity index is 581. The number of rotatable bonds is 5. The van der Waals surface area contributed by atoms with Crippen molar-refractivity contribution in [2.75, 3.05) is 11.5 Å². The monoisotopic (exact) mass is 309 g/mol. The molecule has 0 aliphatic carbocycles. The Labute approximate surface area is 126 Å². The maximum Gasteiger partial charge on any atom is 0.224 e. The van der Waals surface area contributed by atoms with Crippen LogP contribution >= 0.6 is 0 Å². The van der Waals surface area contributed by atoms with Crippen molar-refractivity contribution in [3.8, 4) is 0 Å². The highest BCUT2D eigenvalue weighted by Crippen LogP contribution is 2.24. The molecule has 2 rings (SSSR count). The minimum atomic E-state index is -3.02. The van der Waals surface area contributed by atoms with Gasteiger partial charge in [0, 0.05) is 0 Å². The Morgan fingerprint density at radius 3 is 2.48 bits per heavy atom. The first-order valence-electron chi connectivity index (χ1n) is 7.43. The highest BCUT2D eigenvalue weighted by Gasteiger charge is 2.33. The van der Waals surface area contributed by atoms with Crippen LogP contribution in [0.2, 0.25) is 0 Å². The summed E-state index contributed by atoms with van der Waals surface area (Å²) in [6, 6.07) is 9.80. The van der Waals surface area contributed by atoms with Gasteiger partial charge in [-0.05, 0) is 24.3 Å². The zero-order chi connectivity index (χ0) is 15.5. The highest BCUT2D eigenvalue weighted by atomic mass is 32.2. The number of carbonyl (C=O) groups is 1. The Morgan fingerprint density at radius 1 is 1.29 bits per heavy atom. The Balaban J connectivity index is 2.07. The predicted molar refractivity (Wildman–Crippen MR) is 83.5 cm³/mol. The van der Waals surface area contributed by atoms with Gasteiger partial charge >= 0.3 is 0 Å². The van der Waals surface area contributed by atoms with Gasteiger partial charge in [-0.25, -0.2) is 8.42 Å². The second-order valence-corrected chi connectivity index (χ2v) is 8.43. The Morgan fingerprint density at radius 2 is 1.95 bits per heavy atom. The summed E-state index contributed by atoms with van der Waals surface area (Å²) >= 11 is 0. The molecule has 0 radical (unpaired) electrons. The molecule has 1 N–H and O–H groups in total. The zero-order valence-corrected chi connectivity index (χ0v) is 13.4. The van der Waals surface area contributed by atoms with Crippen LogP contribution in [-0.4, -0.2) is 25.8 Å². The van der Waals surface area contributed by atoms with Gasteiger partial charge in [0.05, 0.1) is 23.5 Å². The fraction of sp³-hybridized carbons (Fsp3) is 0.562. The molecule has 1 fully saturated rings.